The summed E-state index contributed by atoms with van der Waals surface area (Å²) in [6.45, 7) is 0.186. The zero-order valence-corrected chi connectivity index (χ0v) is 24.0. The van der Waals surface area contributed by atoms with E-state index in [-0.39, 0.29) is 22.9 Å². The van der Waals surface area contributed by atoms with Crippen molar-refractivity contribution in [2.75, 3.05) is 11.4 Å². The van der Waals surface area contributed by atoms with Crippen molar-refractivity contribution in [2.45, 2.75) is 38.1 Å². The number of hydrogen-bond donors (Lipinski definition) is 1. The van der Waals surface area contributed by atoms with Gasteiger partial charge in [-0.25, -0.2) is 4.79 Å². The van der Waals surface area contributed by atoms with E-state index in [1.165, 1.54) is 6.20 Å². The lowest BCUT2D eigenvalue weighted by Crippen LogP contribution is -2.45. The molecule has 224 valence electrons. The normalized spacial score (nSPS) is 15.2. The lowest BCUT2D eigenvalue weighted by Gasteiger charge is -2.36. The summed E-state index contributed by atoms with van der Waals surface area (Å²) in [4.78, 5) is 21.9. The van der Waals surface area contributed by atoms with Crippen molar-refractivity contribution in [1.82, 2.24) is 9.97 Å². The summed E-state index contributed by atoms with van der Waals surface area (Å²) in [5.41, 5.74) is 2.53. The lowest BCUT2D eigenvalue weighted by atomic mass is 9.99. The molecule has 2 aromatic heterocycles. The molecule has 5 rings (SSSR count). The summed E-state index contributed by atoms with van der Waals surface area (Å²) in [5, 5.41) is 20.1. The average molecular weight is 619 g/mol. The molecule has 0 bridgehead atoms. The highest BCUT2D eigenvalue weighted by Crippen LogP contribution is 2.39. The molecule has 0 amide bonds. The zero-order valence-electron chi connectivity index (χ0n) is 23.3. The lowest BCUT2D eigenvalue weighted by molar-refractivity contribution is -0.139. The van der Waals surface area contributed by atoms with Crippen LogP contribution in [0.4, 0.5) is 18.9 Å². The van der Waals surface area contributed by atoms with Crippen LogP contribution in [0.25, 0.3) is 23.3 Å². The number of aliphatic carboxylic acids is 1. The standard InChI is InChI=1S/C33H26ClF3N4O3/c34-27-16-30(41-13-5-4-8-29(41)32(42)43)31(44-20-21-14-24(19-39-18-21)33(35,36)37)15-23(27)9-10-28-26(17-38)25(11-12-40-28)22-6-2-1-3-7-22/h1-3,6-7,9-12,14-16,18-19,29H,4-5,8,13,20H2,(H,42,43)/b10-9+. The first-order chi connectivity index (χ1) is 21.2. The average Bonchev–Trinajstić information content (AvgIpc) is 3.03. The SMILES string of the molecule is N#Cc1c(-c2ccccc2)ccnc1/C=C/c1cc(OCc2cncc(C(F)(F)F)c2)c(N2CCCCC2C(=O)O)cc1Cl. The summed E-state index contributed by atoms with van der Waals surface area (Å²) in [6.07, 6.45) is 4.28. The van der Waals surface area contributed by atoms with Crippen LogP contribution in [0.2, 0.25) is 5.02 Å². The Balaban J connectivity index is 1.53. The summed E-state index contributed by atoms with van der Waals surface area (Å²) in [7, 11) is 0. The van der Waals surface area contributed by atoms with E-state index in [0.717, 1.165) is 30.7 Å². The molecule has 0 aliphatic carbocycles. The molecule has 0 saturated carbocycles. The van der Waals surface area contributed by atoms with Gasteiger partial charge in [-0.2, -0.15) is 18.4 Å². The molecule has 1 aliphatic heterocycles. The van der Waals surface area contributed by atoms with Crippen LogP contribution in [0.3, 0.4) is 0 Å². The number of rotatable bonds is 8. The van der Waals surface area contributed by atoms with Gasteiger partial charge in [-0.3, -0.25) is 9.97 Å². The Morgan fingerprint density at radius 3 is 2.66 bits per heavy atom. The van der Waals surface area contributed by atoms with Crippen LogP contribution in [0.1, 0.15) is 47.2 Å². The molecule has 1 unspecified atom stereocenters. The number of nitrogens with zero attached hydrogens (tertiary/aromatic N) is 4. The molecule has 2 aromatic carbocycles. The number of pyridine rings is 2. The second-order valence-corrected chi connectivity index (χ2v) is 10.6. The predicted octanol–water partition coefficient (Wildman–Crippen LogP) is 7.88. The van der Waals surface area contributed by atoms with Crippen LogP contribution >= 0.6 is 11.6 Å². The molecule has 4 aromatic rings. The molecule has 1 N–H and O–H groups in total. The maximum Gasteiger partial charge on any atom is 0.417 e. The van der Waals surface area contributed by atoms with Crippen LogP contribution in [-0.2, 0) is 17.6 Å². The number of alkyl halides is 3. The third-order valence-corrected chi connectivity index (χ3v) is 7.62. The second-order valence-electron chi connectivity index (χ2n) is 10.2. The first-order valence-electron chi connectivity index (χ1n) is 13.7. The van der Waals surface area contributed by atoms with Gasteiger partial charge in [-0.15, -0.1) is 0 Å². The smallest absolute Gasteiger partial charge is 0.417 e. The molecule has 1 saturated heterocycles. The minimum absolute atomic E-state index is 0.187. The molecular weight excluding hydrogens is 593 g/mol. The number of piperidine rings is 1. The Bertz CT molecular complexity index is 1740. The van der Waals surface area contributed by atoms with E-state index in [4.69, 9.17) is 16.3 Å². The number of carboxylic acid groups (broad SMARTS) is 1. The van der Waals surface area contributed by atoms with E-state index in [2.05, 4.69) is 16.0 Å². The van der Waals surface area contributed by atoms with Crippen molar-refractivity contribution in [1.29, 1.82) is 5.26 Å². The van der Waals surface area contributed by atoms with Crippen molar-refractivity contribution >= 4 is 35.4 Å². The minimum atomic E-state index is -4.57. The van der Waals surface area contributed by atoms with Crippen molar-refractivity contribution in [3.8, 4) is 22.9 Å². The number of halogens is 4. The Kier molecular flexibility index (Phi) is 9.16. The van der Waals surface area contributed by atoms with Gasteiger partial charge >= 0.3 is 12.1 Å². The van der Waals surface area contributed by atoms with E-state index >= 15 is 0 Å². The number of carboxylic acids is 1. The van der Waals surface area contributed by atoms with Crippen LogP contribution in [0.5, 0.6) is 5.75 Å². The number of anilines is 1. The second kappa shape index (κ2) is 13.2. The van der Waals surface area contributed by atoms with E-state index in [1.54, 1.807) is 41.4 Å². The molecule has 1 aliphatic rings. The van der Waals surface area contributed by atoms with Gasteiger partial charge in [0.05, 0.1) is 27.5 Å². The first-order valence-corrected chi connectivity index (χ1v) is 14.1. The molecule has 1 atom stereocenters. The van der Waals surface area contributed by atoms with Gasteiger partial charge in [0.25, 0.3) is 0 Å². The Labute approximate surface area is 256 Å². The molecule has 44 heavy (non-hydrogen) atoms. The molecule has 0 spiro atoms. The minimum Gasteiger partial charge on any atom is -0.487 e. The highest BCUT2D eigenvalue weighted by atomic mass is 35.5. The van der Waals surface area contributed by atoms with Gasteiger partial charge < -0.3 is 14.7 Å². The van der Waals surface area contributed by atoms with Crippen LogP contribution in [0, 0.1) is 11.3 Å². The topological polar surface area (TPSA) is 99.3 Å². The summed E-state index contributed by atoms with van der Waals surface area (Å²) in [5.74, 6) is -0.752. The monoisotopic (exact) mass is 618 g/mol. The maximum absolute atomic E-state index is 13.3. The quantitative estimate of drug-likeness (QED) is 0.214. The Morgan fingerprint density at radius 1 is 1.14 bits per heavy atom. The fourth-order valence-electron chi connectivity index (χ4n) is 5.13. The molecule has 11 heteroatoms. The fourth-order valence-corrected chi connectivity index (χ4v) is 5.36. The number of nitriles is 1. The van der Waals surface area contributed by atoms with Crippen LogP contribution < -0.4 is 9.64 Å². The third kappa shape index (κ3) is 6.84. The first kappa shape index (κ1) is 30.6. The summed E-state index contributed by atoms with van der Waals surface area (Å²) >= 11 is 6.70. The van der Waals surface area contributed by atoms with Gasteiger partial charge in [0, 0.05) is 36.3 Å². The summed E-state index contributed by atoms with van der Waals surface area (Å²) in [6, 6.07) is 16.8. The van der Waals surface area contributed by atoms with Gasteiger partial charge in [-0.05, 0) is 60.7 Å². The molecule has 7 nitrogen and oxygen atoms in total. The van der Waals surface area contributed by atoms with Crippen molar-refractivity contribution in [3.63, 3.8) is 0 Å². The van der Waals surface area contributed by atoms with Crippen molar-refractivity contribution in [2.24, 2.45) is 0 Å². The number of benzene rings is 2. The Morgan fingerprint density at radius 2 is 1.93 bits per heavy atom. The van der Waals surface area contributed by atoms with Crippen LogP contribution in [-0.4, -0.2) is 33.6 Å². The van der Waals surface area contributed by atoms with Gasteiger partial charge in [0.2, 0.25) is 0 Å². The predicted molar refractivity (Wildman–Crippen MR) is 161 cm³/mol. The van der Waals surface area contributed by atoms with Crippen molar-refractivity contribution < 1.29 is 27.8 Å². The largest absolute Gasteiger partial charge is 0.487 e. The highest BCUT2D eigenvalue weighted by molar-refractivity contribution is 6.32. The molecule has 3 heterocycles. The Hall–Kier alpha value is -4.88. The summed E-state index contributed by atoms with van der Waals surface area (Å²) < 4.78 is 45.8. The molecule has 1 fully saturated rings. The number of carbonyl (C=O) groups is 1. The fraction of sp³-hybridized carbons (Fsp3) is 0.212. The number of aromatic nitrogens is 2. The van der Waals surface area contributed by atoms with E-state index in [1.807, 2.05) is 30.3 Å². The maximum atomic E-state index is 13.3. The van der Waals surface area contributed by atoms with Gasteiger partial charge in [-0.1, -0.05) is 48.0 Å². The van der Waals surface area contributed by atoms with Gasteiger partial charge in [0.15, 0.2) is 0 Å². The zero-order chi connectivity index (χ0) is 31.3. The van der Waals surface area contributed by atoms with E-state index in [9.17, 15) is 28.3 Å². The number of hydrogen-bond acceptors (Lipinski definition) is 6. The molecule has 0 radical (unpaired) electrons. The molecular formula is C33H26ClF3N4O3. The third-order valence-electron chi connectivity index (χ3n) is 7.29. The van der Waals surface area contributed by atoms with Crippen LogP contribution in [0.15, 0.2) is 73.2 Å². The number of ether oxygens (including phenoxy) is 1. The van der Waals surface area contributed by atoms with E-state index in [0.29, 0.717) is 41.0 Å². The highest BCUT2D eigenvalue weighted by Gasteiger charge is 2.32. The van der Waals surface area contributed by atoms with E-state index < -0.39 is 23.8 Å². The van der Waals surface area contributed by atoms with Crippen molar-refractivity contribution in [3.05, 3.63) is 106 Å². The van der Waals surface area contributed by atoms with Gasteiger partial charge in [0.1, 0.15) is 24.5 Å².